The Labute approximate surface area is 219 Å². The first-order chi connectivity index (χ1) is 17.1. The largest absolute Gasteiger partial charge is 0.444 e. The highest BCUT2D eigenvalue weighted by Crippen LogP contribution is 2.33. The molecule has 2 aliphatic heterocycles. The molecule has 2 aliphatic rings. The Morgan fingerprint density at radius 1 is 1.17 bits per heavy atom. The molecule has 3 rings (SSSR count). The maximum absolute atomic E-state index is 12.7. The molecule has 36 heavy (non-hydrogen) atoms. The predicted octanol–water partition coefficient (Wildman–Crippen LogP) is 6.79. The number of anilines is 1. The Bertz CT molecular complexity index is 1000. The van der Waals surface area contributed by atoms with Gasteiger partial charge < -0.3 is 4.74 Å². The lowest BCUT2D eigenvalue weighted by molar-refractivity contribution is 0.135. The van der Waals surface area contributed by atoms with E-state index in [0.29, 0.717) is 32.4 Å². The summed E-state index contributed by atoms with van der Waals surface area (Å²) in [6.45, 7) is 23.7. The van der Waals surface area contributed by atoms with Gasteiger partial charge in [-0.15, -0.1) is 19.7 Å². The fourth-order valence-corrected chi connectivity index (χ4v) is 5.54. The first kappa shape index (κ1) is 31.4. The minimum Gasteiger partial charge on any atom is -0.444 e. The molecule has 0 radical (unpaired) electrons. The van der Waals surface area contributed by atoms with Gasteiger partial charge in [0, 0.05) is 24.7 Å². The first-order valence-corrected chi connectivity index (χ1v) is 14.3. The van der Waals surface area contributed by atoms with Crippen LogP contribution in [0.2, 0.25) is 0 Å². The summed E-state index contributed by atoms with van der Waals surface area (Å²) < 4.78 is 32.4. The van der Waals surface area contributed by atoms with Crippen molar-refractivity contribution < 1.29 is 17.9 Å². The van der Waals surface area contributed by atoms with Gasteiger partial charge in [-0.25, -0.2) is 17.5 Å². The molecular formula is C29H44N2O4S. The lowest BCUT2D eigenvalue weighted by Gasteiger charge is -2.40. The molecule has 7 heteroatoms. The Balaban J connectivity index is 0.000000826. The van der Waals surface area contributed by atoms with Crippen molar-refractivity contribution in [1.82, 2.24) is 4.31 Å². The summed E-state index contributed by atoms with van der Waals surface area (Å²) >= 11 is 0. The average Bonchev–Trinajstić information content (AvgIpc) is 2.89. The fourth-order valence-electron chi connectivity index (χ4n) is 4.00. The summed E-state index contributed by atoms with van der Waals surface area (Å²) in [5.74, 6) is 0.160. The van der Waals surface area contributed by atoms with Crippen LogP contribution in [0, 0.1) is 12.8 Å². The molecule has 1 aromatic carbocycles. The molecule has 0 bridgehead atoms. The molecular weight excluding hydrogens is 472 g/mol. The third-order valence-corrected chi connectivity index (χ3v) is 8.11. The minimum absolute atomic E-state index is 0.0581. The van der Waals surface area contributed by atoms with Crippen molar-refractivity contribution in [3.63, 3.8) is 0 Å². The SMILES string of the molecule is C=CC(C)C(=C)CCS(=O)(=O)N1CCC(N2C(=O)OCc3cc(C)ccc32)CC1.C=CCC=C.CC. The molecule has 1 aromatic rings. The number of allylic oxidation sites excluding steroid dienone is 4. The van der Waals surface area contributed by atoms with Gasteiger partial charge in [-0.2, -0.15) is 0 Å². The highest BCUT2D eigenvalue weighted by atomic mass is 32.2. The standard InChI is InChI=1S/C22H30N2O4S.C5H8.C2H6/c1-5-17(3)18(4)10-13-29(26,27)23-11-8-20(9-12-23)24-21-7-6-16(2)14-19(21)15-28-22(24)25;1-3-5-4-2;1-2/h5-7,14,17,20H,1,4,8-13,15H2,2-3H3;3-4H,1-2,5H2;1-2H3. The van der Waals surface area contributed by atoms with Crippen LogP contribution in [0.3, 0.4) is 0 Å². The zero-order valence-corrected chi connectivity index (χ0v) is 23.4. The lowest BCUT2D eigenvalue weighted by Crippen LogP contribution is -2.50. The van der Waals surface area contributed by atoms with Gasteiger partial charge >= 0.3 is 6.09 Å². The number of ether oxygens (including phenoxy) is 1. The Hall–Kier alpha value is -2.64. The van der Waals surface area contributed by atoms with Gasteiger partial charge in [0.05, 0.1) is 11.4 Å². The predicted molar refractivity (Wildman–Crippen MR) is 152 cm³/mol. The summed E-state index contributed by atoms with van der Waals surface area (Å²) in [4.78, 5) is 14.1. The number of aryl methyl sites for hydroxylation is 1. The van der Waals surface area contributed by atoms with E-state index in [1.807, 2.05) is 58.0 Å². The lowest BCUT2D eigenvalue weighted by atomic mass is 10.0. The summed E-state index contributed by atoms with van der Waals surface area (Å²) in [6, 6.07) is 5.92. The highest BCUT2D eigenvalue weighted by molar-refractivity contribution is 7.89. The van der Waals surface area contributed by atoms with Crippen LogP contribution in [-0.2, 0) is 21.4 Å². The molecule has 0 saturated carbocycles. The van der Waals surface area contributed by atoms with Gasteiger partial charge in [0.25, 0.3) is 0 Å². The minimum atomic E-state index is -3.35. The maximum atomic E-state index is 12.7. The van der Waals surface area contributed by atoms with E-state index >= 15 is 0 Å². The van der Waals surface area contributed by atoms with Crippen LogP contribution in [-0.4, -0.2) is 43.7 Å². The van der Waals surface area contributed by atoms with Gasteiger partial charge in [-0.05, 0) is 44.6 Å². The summed E-state index contributed by atoms with van der Waals surface area (Å²) in [7, 11) is -3.35. The third-order valence-electron chi connectivity index (χ3n) is 6.24. The number of hydrogen-bond donors (Lipinski definition) is 0. The summed E-state index contributed by atoms with van der Waals surface area (Å²) in [6.07, 6.45) is 7.58. The molecule has 1 saturated heterocycles. The second-order valence-corrected chi connectivity index (χ2v) is 10.8. The summed E-state index contributed by atoms with van der Waals surface area (Å²) in [5, 5.41) is 0. The summed E-state index contributed by atoms with van der Waals surface area (Å²) in [5.41, 5.74) is 3.87. The van der Waals surface area contributed by atoms with Crippen LogP contribution < -0.4 is 4.90 Å². The van der Waals surface area contributed by atoms with Crippen molar-refractivity contribution in [3.05, 3.63) is 79.4 Å². The first-order valence-electron chi connectivity index (χ1n) is 12.7. The van der Waals surface area contributed by atoms with Gasteiger partial charge in [0.15, 0.2) is 0 Å². The number of hydrogen-bond acceptors (Lipinski definition) is 4. The number of rotatable bonds is 9. The van der Waals surface area contributed by atoms with Crippen molar-refractivity contribution in [2.75, 3.05) is 23.7 Å². The second-order valence-electron chi connectivity index (χ2n) is 8.75. The van der Waals surface area contributed by atoms with E-state index in [2.05, 4.69) is 26.3 Å². The van der Waals surface area contributed by atoms with Crippen molar-refractivity contribution >= 4 is 21.8 Å². The molecule has 0 spiro atoms. The molecule has 6 nitrogen and oxygen atoms in total. The van der Waals surface area contributed by atoms with Crippen LogP contribution >= 0.6 is 0 Å². The quantitative estimate of drug-likeness (QED) is 0.339. The molecule has 1 atom stereocenters. The second kappa shape index (κ2) is 15.5. The van der Waals surface area contributed by atoms with Crippen molar-refractivity contribution in [3.8, 4) is 0 Å². The van der Waals surface area contributed by atoms with Crippen LogP contribution in [0.25, 0.3) is 0 Å². The Morgan fingerprint density at radius 2 is 1.78 bits per heavy atom. The van der Waals surface area contributed by atoms with Crippen molar-refractivity contribution in [2.45, 2.75) is 66.0 Å². The molecule has 0 aliphatic carbocycles. The van der Waals surface area contributed by atoms with E-state index < -0.39 is 10.0 Å². The van der Waals surface area contributed by atoms with E-state index in [1.54, 1.807) is 15.3 Å². The van der Waals surface area contributed by atoms with Crippen LogP contribution in [0.4, 0.5) is 10.5 Å². The van der Waals surface area contributed by atoms with Crippen molar-refractivity contribution in [1.29, 1.82) is 0 Å². The van der Waals surface area contributed by atoms with Gasteiger partial charge in [0.1, 0.15) is 6.61 Å². The third kappa shape index (κ3) is 8.79. The molecule has 1 unspecified atom stereocenters. The molecule has 1 fully saturated rings. The molecule has 0 aromatic heterocycles. The maximum Gasteiger partial charge on any atom is 0.414 e. The van der Waals surface area contributed by atoms with E-state index in [4.69, 9.17) is 4.74 Å². The highest BCUT2D eigenvalue weighted by Gasteiger charge is 2.36. The number of piperidine rings is 1. The number of sulfonamides is 1. The molecule has 1 amide bonds. The smallest absolute Gasteiger partial charge is 0.414 e. The van der Waals surface area contributed by atoms with E-state index in [1.165, 1.54) is 0 Å². The van der Waals surface area contributed by atoms with E-state index in [-0.39, 0.29) is 30.4 Å². The van der Waals surface area contributed by atoms with Gasteiger partial charge in [-0.3, -0.25) is 4.90 Å². The van der Waals surface area contributed by atoms with E-state index in [0.717, 1.165) is 28.8 Å². The van der Waals surface area contributed by atoms with Gasteiger partial charge in [0.2, 0.25) is 10.0 Å². The number of fused-ring (bicyclic) bond motifs is 1. The zero-order valence-electron chi connectivity index (χ0n) is 22.5. The van der Waals surface area contributed by atoms with Crippen molar-refractivity contribution in [2.24, 2.45) is 5.92 Å². The van der Waals surface area contributed by atoms with Crippen LogP contribution in [0.15, 0.2) is 68.3 Å². The number of cyclic esters (lactones) is 1. The fraction of sp³-hybridized carbons (Fsp3) is 0.483. The normalized spacial score (nSPS) is 16.7. The number of nitrogens with zero attached hydrogens (tertiary/aromatic N) is 2. The molecule has 0 N–H and O–H groups in total. The Morgan fingerprint density at radius 3 is 2.31 bits per heavy atom. The monoisotopic (exact) mass is 516 g/mol. The number of carbonyl (C=O) groups is 1. The van der Waals surface area contributed by atoms with Crippen LogP contribution in [0.5, 0.6) is 0 Å². The van der Waals surface area contributed by atoms with Gasteiger partial charge in [-0.1, -0.05) is 68.8 Å². The zero-order chi connectivity index (χ0) is 27.3. The topological polar surface area (TPSA) is 66.9 Å². The Kier molecular flexibility index (Phi) is 13.5. The molecule has 200 valence electrons. The molecule has 2 heterocycles. The average molecular weight is 517 g/mol. The van der Waals surface area contributed by atoms with E-state index in [9.17, 15) is 13.2 Å². The number of benzene rings is 1. The van der Waals surface area contributed by atoms with Crippen LogP contribution in [0.1, 0.15) is 57.6 Å². The number of carbonyl (C=O) groups excluding carboxylic acids is 1. The number of amides is 1.